The molecule has 2 nitrogen and oxygen atoms in total. The maximum absolute atomic E-state index is 10.2. The van der Waals surface area contributed by atoms with E-state index in [9.17, 15) is 5.11 Å². The number of hydrogen-bond acceptors (Lipinski definition) is 2. The summed E-state index contributed by atoms with van der Waals surface area (Å²) in [4.78, 5) is 2.59. The van der Waals surface area contributed by atoms with Gasteiger partial charge in [-0.1, -0.05) is 36.8 Å². The van der Waals surface area contributed by atoms with Crippen molar-refractivity contribution in [2.45, 2.75) is 63.3 Å². The standard InChI is InChI=1S/C16H23NO/c1-12(13-6-3-2-4-7-13)17-14-8-5-9-15(17)16(18)11-10-14/h2-4,6-7,12,14-16,18H,5,8-11H2,1H3/t12-,14-,15-,16?/m1/s1. The first-order chi connectivity index (χ1) is 8.77. The van der Waals surface area contributed by atoms with Crippen molar-refractivity contribution in [1.29, 1.82) is 0 Å². The molecule has 1 aromatic rings. The smallest absolute Gasteiger partial charge is 0.0696 e. The van der Waals surface area contributed by atoms with E-state index in [0.29, 0.717) is 18.1 Å². The van der Waals surface area contributed by atoms with Crippen molar-refractivity contribution in [2.75, 3.05) is 0 Å². The van der Waals surface area contributed by atoms with Gasteiger partial charge in [-0.15, -0.1) is 0 Å². The lowest BCUT2D eigenvalue weighted by Crippen LogP contribution is -2.56. The second-order valence-electron chi connectivity index (χ2n) is 5.83. The fourth-order valence-electron chi connectivity index (χ4n) is 3.88. The molecule has 2 fully saturated rings. The molecule has 98 valence electrons. The molecule has 2 saturated heterocycles. The van der Waals surface area contributed by atoms with Crippen LogP contribution in [-0.2, 0) is 0 Å². The van der Waals surface area contributed by atoms with E-state index in [0.717, 1.165) is 19.3 Å². The molecule has 1 N–H and O–H groups in total. The van der Waals surface area contributed by atoms with Gasteiger partial charge in [-0.2, -0.15) is 0 Å². The highest BCUT2D eigenvalue weighted by Gasteiger charge is 2.41. The lowest BCUT2D eigenvalue weighted by atomic mass is 9.81. The summed E-state index contributed by atoms with van der Waals surface area (Å²) in [5.41, 5.74) is 1.38. The average Bonchev–Trinajstić information content (AvgIpc) is 2.43. The van der Waals surface area contributed by atoms with Crippen LogP contribution in [0, 0.1) is 0 Å². The Kier molecular flexibility index (Phi) is 3.40. The minimum absolute atomic E-state index is 0.118. The Hall–Kier alpha value is -0.860. The van der Waals surface area contributed by atoms with Gasteiger partial charge in [0.15, 0.2) is 0 Å². The zero-order valence-corrected chi connectivity index (χ0v) is 11.1. The molecular formula is C16H23NO. The molecule has 1 unspecified atom stereocenters. The number of piperidine rings is 2. The minimum Gasteiger partial charge on any atom is -0.391 e. The summed E-state index contributed by atoms with van der Waals surface area (Å²) >= 11 is 0. The number of nitrogens with zero attached hydrogens (tertiary/aromatic N) is 1. The van der Waals surface area contributed by atoms with Gasteiger partial charge >= 0.3 is 0 Å². The summed E-state index contributed by atoms with van der Waals surface area (Å²) in [6.07, 6.45) is 5.79. The van der Waals surface area contributed by atoms with Gasteiger partial charge in [-0.05, 0) is 38.2 Å². The third kappa shape index (κ3) is 2.08. The van der Waals surface area contributed by atoms with Crippen molar-refractivity contribution in [1.82, 2.24) is 4.90 Å². The van der Waals surface area contributed by atoms with Crippen LogP contribution in [0.5, 0.6) is 0 Å². The van der Waals surface area contributed by atoms with Crippen molar-refractivity contribution in [3.8, 4) is 0 Å². The van der Waals surface area contributed by atoms with Gasteiger partial charge in [-0.3, -0.25) is 4.90 Å². The third-order valence-electron chi connectivity index (χ3n) is 4.81. The van der Waals surface area contributed by atoms with E-state index < -0.39 is 0 Å². The summed E-state index contributed by atoms with van der Waals surface area (Å²) in [5, 5.41) is 10.2. The Morgan fingerprint density at radius 3 is 2.67 bits per heavy atom. The van der Waals surface area contributed by atoms with Crippen LogP contribution in [0.3, 0.4) is 0 Å². The first kappa shape index (κ1) is 12.2. The Morgan fingerprint density at radius 2 is 1.89 bits per heavy atom. The molecule has 0 radical (unpaired) electrons. The fraction of sp³-hybridized carbons (Fsp3) is 0.625. The molecule has 2 heterocycles. The van der Waals surface area contributed by atoms with Gasteiger partial charge < -0.3 is 5.11 Å². The van der Waals surface area contributed by atoms with Crippen molar-refractivity contribution >= 4 is 0 Å². The highest BCUT2D eigenvalue weighted by atomic mass is 16.3. The summed E-state index contributed by atoms with van der Waals surface area (Å²) < 4.78 is 0. The van der Waals surface area contributed by atoms with E-state index in [1.54, 1.807) is 0 Å². The van der Waals surface area contributed by atoms with Crippen LogP contribution in [0.15, 0.2) is 30.3 Å². The van der Waals surface area contributed by atoms with E-state index >= 15 is 0 Å². The number of aliphatic hydroxyl groups excluding tert-OH is 1. The summed E-state index contributed by atoms with van der Waals surface area (Å²) in [6.45, 7) is 2.29. The normalized spacial score (nSPS) is 34.2. The fourth-order valence-corrected chi connectivity index (χ4v) is 3.88. The minimum atomic E-state index is -0.118. The maximum Gasteiger partial charge on any atom is 0.0696 e. The molecule has 2 heteroatoms. The second kappa shape index (κ2) is 5.02. The molecule has 3 rings (SSSR count). The molecule has 0 aliphatic carbocycles. The number of rotatable bonds is 2. The lowest BCUT2D eigenvalue weighted by molar-refractivity contribution is -0.0685. The Balaban J connectivity index is 1.86. The monoisotopic (exact) mass is 245 g/mol. The third-order valence-corrected chi connectivity index (χ3v) is 4.81. The first-order valence-corrected chi connectivity index (χ1v) is 7.28. The van der Waals surface area contributed by atoms with Crippen molar-refractivity contribution in [2.24, 2.45) is 0 Å². The molecular weight excluding hydrogens is 222 g/mol. The summed E-state index contributed by atoms with van der Waals surface area (Å²) in [7, 11) is 0. The molecule has 18 heavy (non-hydrogen) atoms. The van der Waals surface area contributed by atoms with E-state index in [1.807, 2.05) is 0 Å². The molecule has 4 atom stereocenters. The van der Waals surface area contributed by atoms with Gasteiger partial charge in [-0.25, -0.2) is 0 Å². The van der Waals surface area contributed by atoms with Crippen LogP contribution < -0.4 is 0 Å². The predicted octanol–water partition coefficient (Wildman–Crippen LogP) is 3.13. The van der Waals surface area contributed by atoms with Crippen LogP contribution in [0.2, 0.25) is 0 Å². The first-order valence-electron chi connectivity index (χ1n) is 7.28. The van der Waals surface area contributed by atoms with Gasteiger partial charge in [0.2, 0.25) is 0 Å². The largest absolute Gasteiger partial charge is 0.391 e. The van der Waals surface area contributed by atoms with E-state index in [1.165, 1.54) is 18.4 Å². The van der Waals surface area contributed by atoms with E-state index in [-0.39, 0.29) is 6.10 Å². The van der Waals surface area contributed by atoms with Crippen LogP contribution in [0.25, 0.3) is 0 Å². The van der Waals surface area contributed by atoms with Crippen LogP contribution in [0.4, 0.5) is 0 Å². The van der Waals surface area contributed by atoms with Gasteiger partial charge in [0, 0.05) is 18.1 Å². The van der Waals surface area contributed by atoms with Crippen molar-refractivity contribution in [3.63, 3.8) is 0 Å². The molecule has 2 bridgehead atoms. The number of benzene rings is 1. The topological polar surface area (TPSA) is 23.5 Å². The molecule has 0 spiro atoms. The Bertz CT molecular complexity index is 391. The molecule has 0 amide bonds. The number of fused-ring (bicyclic) bond motifs is 2. The zero-order chi connectivity index (χ0) is 12.5. The average molecular weight is 245 g/mol. The highest BCUT2D eigenvalue weighted by Crippen LogP contribution is 2.39. The SMILES string of the molecule is C[C@H](c1ccccc1)N1[C@@H]2CCC[C@@H]1C(O)CC2. The van der Waals surface area contributed by atoms with Gasteiger partial charge in [0.1, 0.15) is 0 Å². The van der Waals surface area contributed by atoms with Crippen molar-refractivity contribution < 1.29 is 5.11 Å². The van der Waals surface area contributed by atoms with Crippen molar-refractivity contribution in [3.05, 3.63) is 35.9 Å². The number of aliphatic hydroxyl groups is 1. The summed E-state index contributed by atoms with van der Waals surface area (Å²) in [6, 6.07) is 12.2. The molecule has 2 aliphatic rings. The van der Waals surface area contributed by atoms with E-state index in [4.69, 9.17) is 0 Å². The number of hydrogen-bond donors (Lipinski definition) is 1. The van der Waals surface area contributed by atoms with Crippen LogP contribution in [0.1, 0.15) is 50.6 Å². The Labute approximate surface area is 110 Å². The maximum atomic E-state index is 10.2. The van der Waals surface area contributed by atoms with Gasteiger partial charge in [0.05, 0.1) is 6.10 Å². The Morgan fingerprint density at radius 1 is 1.11 bits per heavy atom. The molecule has 2 aliphatic heterocycles. The summed E-state index contributed by atoms with van der Waals surface area (Å²) in [5.74, 6) is 0. The predicted molar refractivity (Wildman–Crippen MR) is 73.4 cm³/mol. The lowest BCUT2D eigenvalue weighted by Gasteiger charge is -2.51. The molecule has 0 saturated carbocycles. The molecule has 0 aromatic heterocycles. The van der Waals surface area contributed by atoms with Crippen LogP contribution >= 0.6 is 0 Å². The molecule has 1 aromatic carbocycles. The van der Waals surface area contributed by atoms with E-state index in [2.05, 4.69) is 42.2 Å². The zero-order valence-electron chi connectivity index (χ0n) is 11.1. The van der Waals surface area contributed by atoms with Crippen LogP contribution in [-0.4, -0.2) is 28.2 Å². The second-order valence-corrected chi connectivity index (χ2v) is 5.83. The quantitative estimate of drug-likeness (QED) is 0.865. The highest BCUT2D eigenvalue weighted by molar-refractivity contribution is 5.19. The van der Waals surface area contributed by atoms with Gasteiger partial charge in [0.25, 0.3) is 0 Å².